The van der Waals surface area contributed by atoms with Crippen LogP contribution in [-0.2, 0) is 10.0 Å². The maximum atomic E-state index is 12.4. The van der Waals surface area contributed by atoms with Crippen molar-refractivity contribution in [2.45, 2.75) is 38.6 Å². The second-order valence-corrected chi connectivity index (χ2v) is 8.78. The summed E-state index contributed by atoms with van der Waals surface area (Å²) in [6.07, 6.45) is 0. The topological polar surface area (TPSA) is 72.2 Å². The van der Waals surface area contributed by atoms with Gasteiger partial charge < -0.3 is 5.73 Å². The van der Waals surface area contributed by atoms with Gasteiger partial charge in [0.15, 0.2) is 0 Å². The molecule has 6 heteroatoms. The van der Waals surface area contributed by atoms with Gasteiger partial charge in [-0.05, 0) is 29.0 Å². The first-order chi connectivity index (χ1) is 8.50. The van der Waals surface area contributed by atoms with Crippen molar-refractivity contribution in [3.63, 3.8) is 0 Å². The largest absolute Gasteiger partial charge is 0.398 e. The Balaban J connectivity index is 2.30. The number of nitrogens with two attached hydrogens (primary N) is 1. The average molecular weight is 347 g/mol. The van der Waals surface area contributed by atoms with E-state index in [9.17, 15) is 8.42 Å². The molecule has 1 aromatic rings. The lowest BCUT2D eigenvalue weighted by atomic mass is 10.0. The van der Waals surface area contributed by atoms with Gasteiger partial charge in [-0.15, -0.1) is 0 Å². The molecule has 1 fully saturated rings. The Labute approximate surface area is 122 Å². The van der Waals surface area contributed by atoms with Crippen molar-refractivity contribution >= 4 is 31.6 Å². The molecule has 106 valence electrons. The van der Waals surface area contributed by atoms with Crippen LogP contribution in [0.1, 0.15) is 27.7 Å². The van der Waals surface area contributed by atoms with Gasteiger partial charge in [-0.3, -0.25) is 0 Å². The summed E-state index contributed by atoms with van der Waals surface area (Å²) in [6, 6.07) is 4.71. The molecular formula is C13H19BrN2O2S. The van der Waals surface area contributed by atoms with Gasteiger partial charge in [0.25, 0.3) is 0 Å². The molecule has 0 amide bonds. The zero-order chi connectivity index (χ0) is 14.6. The third-order valence-electron chi connectivity index (χ3n) is 4.56. The Kier molecular flexibility index (Phi) is 3.27. The van der Waals surface area contributed by atoms with E-state index in [1.807, 2.05) is 0 Å². The number of anilines is 1. The lowest BCUT2D eigenvalue weighted by Gasteiger charge is -2.10. The van der Waals surface area contributed by atoms with Gasteiger partial charge >= 0.3 is 0 Å². The van der Waals surface area contributed by atoms with Crippen molar-refractivity contribution in [1.29, 1.82) is 0 Å². The lowest BCUT2D eigenvalue weighted by Crippen LogP contribution is -2.30. The number of hydrogen-bond donors (Lipinski definition) is 2. The Morgan fingerprint density at radius 3 is 2.16 bits per heavy atom. The highest BCUT2D eigenvalue weighted by Crippen LogP contribution is 2.63. The Morgan fingerprint density at radius 1 is 1.21 bits per heavy atom. The van der Waals surface area contributed by atoms with Crippen molar-refractivity contribution < 1.29 is 8.42 Å². The van der Waals surface area contributed by atoms with Gasteiger partial charge in [0.2, 0.25) is 10.0 Å². The predicted octanol–water partition coefficient (Wildman–Crippen LogP) is 2.74. The minimum absolute atomic E-state index is 0.0514. The monoisotopic (exact) mass is 346 g/mol. The number of sulfonamides is 1. The summed E-state index contributed by atoms with van der Waals surface area (Å²) in [5.74, 6) is 0. The van der Waals surface area contributed by atoms with Crippen LogP contribution < -0.4 is 10.5 Å². The van der Waals surface area contributed by atoms with E-state index in [0.717, 1.165) is 4.47 Å². The quantitative estimate of drug-likeness (QED) is 0.826. The SMILES string of the molecule is CC1(C)C(NS(=O)(=O)c2ccc(Br)cc2N)C1(C)C. The molecule has 0 spiro atoms. The number of nitrogens with one attached hydrogen (secondary N) is 1. The van der Waals surface area contributed by atoms with E-state index in [-0.39, 0.29) is 27.5 Å². The van der Waals surface area contributed by atoms with Crippen LogP contribution in [0, 0.1) is 10.8 Å². The molecule has 3 N–H and O–H groups in total. The van der Waals surface area contributed by atoms with Gasteiger partial charge in [-0.1, -0.05) is 43.6 Å². The van der Waals surface area contributed by atoms with Gasteiger partial charge in [-0.25, -0.2) is 13.1 Å². The summed E-state index contributed by atoms with van der Waals surface area (Å²) in [7, 11) is -3.58. The molecule has 4 nitrogen and oxygen atoms in total. The van der Waals surface area contributed by atoms with Crippen LogP contribution in [-0.4, -0.2) is 14.5 Å². The second-order valence-electron chi connectivity index (χ2n) is 6.18. The van der Waals surface area contributed by atoms with Crippen LogP contribution in [0.25, 0.3) is 0 Å². The van der Waals surface area contributed by atoms with Crippen LogP contribution >= 0.6 is 15.9 Å². The third kappa shape index (κ3) is 2.30. The van der Waals surface area contributed by atoms with Crippen molar-refractivity contribution in [2.24, 2.45) is 10.8 Å². The zero-order valence-corrected chi connectivity index (χ0v) is 13.9. The number of hydrogen-bond acceptors (Lipinski definition) is 3. The number of benzene rings is 1. The highest BCUT2D eigenvalue weighted by Gasteiger charge is 2.66. The van der Waals surface area contributed by atoms with Gasteiger partial charge in [0.05, 0.1) is 5.69 Å². The molecule has 0 atom stereocenters. The van der Waals surface area contributed by atoms with Crippen molar-refractivity contribution in [3.05, 3.63) is 22.7 Å². The molecule has 1 aliphatic carbocycles. The first kappa shape index (κ1) is 14.8. The molecule has 0 aromatic heterocycles. The smallest absolute Gasteiger partial charge is 0.242 e. The zero-order valence-electron chi connectivity index (χ0n) is 11.5. The number of nitrogen functional groups attached to an aromatic ring is 1. The fraction of sp³-hybridized carbons (Fsp3) is 0.538. The van der Waals surface area contributed by atoms with E-state index < -0.39 is 10.0 Å². The summed E-state index contributed by atoms with van der Waals surface area (Å²) < 4.78 is 28.3. The molecule has 2 rings (SSSR count). The minimum atomic E-state index is -3.58. The van der Waals surface area contributed by atoms with Crippen LogP contribution in [0.4, 0.5) is 5.69 Å². The molecule has 19 heavy (non-hydrogen) atoms. The normalized spacial score (nSPS) is 21.3. The Hall–Kier alpha value is -0.590. The van der Waals surface area contributed by atoms with Crippen LogP contribution in [0.5, 0.6) is 0 Å². The van der Waals surface area contributed by atoms with Crippen LogP contribution in [0.2, 0.25) is 0 Å². The van der Waals surface area contributed by atoms with E-state index in [0.29, 0.717) is 0 Å². The second kappa shape index (κ2) is 4.20. The fourth-order valence-electron chi connectivity index (χ4n) is 2.47. The summed E-state index contributed by atoms with van der Waals surface area (Å²) >= 11 is 3.27. The van der Waals surface area contributed by atoms with E-state index in [1.165, 1.54) is 6.07 Å². The van der Waals surface area contributed by atoms with E-state index in [2.05, 4.69) is 48.3 Å². The lowest BCUT2D eigenvalue weighted by molar-refractivity contribution is 0.457. The van der Waals surface area contributed by atoms with Gasteiger partial charge in [-0.2, -0.15) is 0 Å². The Bertz CT molecular complexity index is 610. The van der Waals surface area contributed by atoms with Crippen molar-refractivity contribution in [3.8, 4) is 0 Å². The Morgan fingerprint density at radius 2 is 1.74 bits per heavy atom. The molecule has 0 radical (unpaired) electrons. The van der Waals surface area contributed by atoms with E-state index in [1.54, 1.807) is 12.1 Å². The highest BCUT2D eigenvalue weighted by molar-refractivity contribution is 9.10. The van der Waals surface area contributed by atoms with Gasteiger partial charge in [0.1, 0.15) is 4.90 Å². The van der Waals surface area contributed by atoms with E-state index >= 15 is 0 Å². The van der Waals surface area contributed by atoms with Crippen molar-refractivity contribution in [1.82, 2.24) is 4.72 Å². The van der Waals surface area contributed by atoms with Crippen LogP contribution in [0.15, 0.2) is 27.6 Å². The number of halogens is 1. The fourth-order valence-corrected chi connectivity index (χ4v) is 4.50. The molecule has 1 saturated carbocycles. The maximum Gasteiger partial charge on any atom is 0.242 e. The summed E-state index contributed by atoms with van der Waals surface area (Å²) in [5.41, 5.74) is 5.94. The summed E-state index contributed by atoms with van der Waals surface area (Å²) in [4.78, 5) is 0.134. The molecule has 0 saturated heterocycles. The van der Waals surface area contributed by atoms with Gasteiger partial charge in [0, 0.05) is 10.5 Å². The van der Waals surface area contributed by atoms with Crippen molar-refractivity contribution in [2.75, 3.05) is 5.73 Å². The molecule has 1 aliphatic rings. The molecule has 0 aliphatic heterocycles. The molecule has 0 unspecified atom stereocenters. The minimum Gasteiger partial charge on any atom is -0.398 e. The highest BCUT2D eigenvalue weighted by atomic mass is 79.9. The average Bonchev–Trinajstić information content (AvgIpc) is 2.59. The van der Waals surface area contributed by atoms with E-state index in [4.69, 9.17) is 5.73 Å². The number of rotatable bonds is 3. The first-order valence-corrected chi connectivity index (χ1v) is 8.35. The first-order valence-electron chi connectivity index (χ1n) is 6.07. The maximum absolute atomic E-state index is 12.4. The standard InChI is InChI=1S/C13H19BrN2O2S/c1-12(2)11(13(12,3)4)16-19(17,18)10-6-5-8(14)7-9(10)15/h5-7,11,16H,15H2,1-4H3. The molecule has 0 bridgehead atoms. The molecular weight excluding hydrogens is 328 g/mol. The van der Waals surface area contributed by atoms with Crippen LogP contribution in [0.3, 0.4) is 0 Å². The summed E-state index contributed by atoms with van der Waals surface area (Å²) in [5, 5.41) is 0. The summed E-state index contributed by atoms with van der Waals surface area (Å²) in [6.45, 7) is 8.24. The molecule has 0 heterocycles. The third-order valence-corrected chi connectivity index (χ3v) is 6.55. The predicted molar refractivity (Wildman–Crippen MR) is 80.2 cm³/mol. The molecule has 1 aromatic carbocycles.